The van der Waals surface area contributed by atoms with Gasteiger partial charge >= 0.3 is 0 Å². The predicted molar refractivity (Wildman–Crippen MR) is 71.7 cm³/mol. The van der Waals surface area contributed by atoms with E-state index >= 15 is 0 Å². The minimum Gasteiger partial charge on any atom is -0.299 e. The lowest BCUT2D eigenvalue weighted by atomic mass is 10.0. The highest BCUT2D eigenvalue weighted by molar-refractivity contribution is 6.31. The van der Waals surface area contributed by atoms with Gasteiger partial charge in [-0.1, -0.05) is 17.7 Å². The zero-order valence-electron chi connectivity index (χ0n) is 10.6. The van der Waals surface area contributed by atoms with Crippen LogP contribution < -0.4 is 0 Å². The first-order chi connectivity index (χ1) is 9.08. The number of nitrogens with zero attached hydrogens (tertiary/aromatic N) is 2. The highest BCUT2D eigenvalue weighted by Gasteiger charge is 2.12. The van der Waals surface area contributed by atoms with Gasteiger partial charge in [-0.25, -0.2) is 4.39 Å². The third-order valence-corrected chi connectivity index (χ3v) is 3.37. The van der Waals surface area contributed by atoms with Gasteiger partial charge in [0.1, 0.15) is 11.6 Å². The standard InChI is InChI=1S/C14H14ClFN2O/c1-18-10(7-8-17-18)5-6-11(19)9-12-13(15)3-2-4-14(12)16/h2-4,7-8H,5-6,9H2,1H3. The van der Waals surface area contributed by atoms with Crippen LogP contribution in [0.25, 0.3) is 0 Å². The third kappa shape index (κ3) is 3.41. The van der Waals surface area contributed by atoms with Crippen molar-refractivity contribution in [2.24, 2.45) is 7.05 Å². The number of aromatic nitrogens is 2. The smallest absolute Gasteiger partial charge is 0.137 e. The SMILES string of the molecule is Cn1nccc1CCC(=O)Cc1c(F)cccc1Cl. The summed E-state index contributed by atoms with van der Waals surface area (Å²) < 4.78 is 15.3. The van der Waals surface area contributed by atoms with Crippen molar-refractivity contribution in [3.05, 3.63) is 52.6 Å². The summed E-state index contributed by atoms with van der Waals surface area (Å²) in [6.07, 6.45) is 2.67. The molecule has 0 unspecified atom stereocenters. The summed E-state index contributed by atoms with van der Waals surface area (Å²) in [5, 5.41) is 4.33. The molecule has 1 aromatic heterocycles. The summed E-state index contributed by atoms with van der Waals surface area (Å²) >= 11 is 5.89. The number of Topliss-reactive ketones (excluding diaryl/α,β-unsaturated/α-hetero) is 1. The molecule has 0 saturated carbocycles. The topological polar surface area (TPSA) is 34.9 Å². The molecule has 0 fully saturated rings. The van der Waals surface area contributed by atoms with Crippen LogP contribution in [0.15, 0.2) is 30.5 Å². The quantitative estimate of drug-likeness (QED) is 0.844. The van der Waals surface area contributed by atoms with E-state index in [1.54, 1.807) is 16.9 Å². The van der Waals surface area contributed by atoms with Crippen molar-refractivity contribution < 1.29 is 9.18 Å². The second-order valence-electron chi connectivity index (χ2n) is 4.36. The van der Waals surface area contributed by atoms with E-state index in [4.69, 9.17) is 11.6 Å². The molecular weight excluding hydrogens is 267 g/mol. The molecule has 0 atom stereocenters. The van der Waals surface area contributed by atoms with Gasteiger partial charge in [-0.3, -0.25) is 9.48 Å². The van der Waals surface area contributed by atoms with Crippen molar-refractivity contribution in [2.45, 2.75) is 19.3 Å². The van der Waals surface area contributed by atoms with Gasteiger partial charge in [-0.2, -0.15) is 5.10 Å². The van der Waals surface area contributed by atoms with Crippen LogP contribution in [0.5, 0.6) is 0 Å². The number of hydrogen-bond acceptors (Lipinski definition) is 2. The Morgan fingerprint density at radius 2 is 2.21 bits per heavy atom. The monoisotopic (exact) mass is 280 g/mol. The Hall–Kier alpha value is -1.68. The minimum absolute atomic E-state index is 0.0311. The molecule has 1 heterocycles. The summed E-state index contributed by atoms with van der Waals surface area (Å²) in [6, 6.07) is 6.30. The highest BCUT2D eigenvalue weighted by Crippen LogP contribution is 2.20. The van der Waals surface area contributed by atoms with Crippen molar-refractivity contribution in [3.63, 3.8) is 0 Å². The van der Waals surface area contributed by atoms with E-state index in [-0.39, 0.29) is 17.8 Å². The molecule has 0 saturated heterocycles. The maximum absolute atomic E-state index is 13.5. The molecule has 5 heteroatoms. The first kappa shape index (κ1) is 13.7. The Balaban J connectivity index is 1.97. The Bertz CT molecular complexity index is 575. The number of hydrogen-bond donors (Lipinski definition) is 0. The molecule has 0 N–H and O–H groups in total. The minimum atomic E-state index is -0.429. The van der Waals surface area contributed by atoms with Crippen molar-refractivity contribution in [3.8, 4) is 0 Å². The Labute approximate surface area is 116 Å². The molecule has 0 aliphatic heterocycles. The summed E-state index contributed by atoms with van der Waals surface area (Å²) in [6.45, 7) is 0. The molecule has 0 radical (unpaired) electrons. The summed E-state index contributed by atoms with van der Waals surface area (Å²) in [4.78, 5) is 11.9. The Morgan fingerprint density at radius 3 is 2.84 bits per heavy atom. The number of carbonyl (C=O) groups is 1. The number of carbonyl (C=O) groups excluding carboxylic acids is 1. The van der Waals surface area contributed by atoms with Gasteiger partial charge in [0.05, 0.1) is 0 Å². The van der Waals surface area contributed by atoms with Crippen LogP contribution >= 0.6 is 11.6 Å². The molecule has 0 aliphatic rings. The zero-order valence-corrected chi connectivity index (χ0v) is 11.3. The van der Waals surface area contributed by atoms with Crippen LogP contribution in [0.1, 0.15) is 17.7 Å². The molecule has 0 aliphatic carbocycles. The first-order valence-electron chi connectivity index (χ1n) is 5.99. The number of rotatable bonds is 5. The average molecular weight is 281 g/mol. The van der Waals surface area contributed by atoms with E-state index in [1.165, 1.54) is 12.1 Å². The molecule has 0 spiro atoms. The predicted octanol–water partition coefficient (Wildman–Crippen LogP) is 2.96. The average Bonchev–Trinajstić information content (AvgIpc) is 2.77. The summed E-state index contributed by atoms with van der Waals surface area (Å²) in [5.41, 5.74) is 1.26. The second-order valence-corrected chi connectivity index (χ2v) is 4.77. The summed E-state index contributed by atoms with van der Waals surface area (Å²) in [5.74, 6) is -0.463. The first-order valence-corrected chi connectivity index (χ1v) is 6.37. The maximum atomic E-state index is 13.5. The fourth-order valence-corrected chi connectivity index (χ4v) is 2.13. The largest absolute Gasteiger partial charge is 0.299 e. The lowest BCUT2D eigenvalue weighted by Crippen LogP contribution is -2.08. The molecule has 19 heavy (non-hydrogen) atoms. The van der Waals surface area contributed by atoms with Crippen LogP contribution in [0.4, 0.5) is 4.39 Å². The second kappa shape index (κ2) is 5.97. The number of ketones is 1. The Kier molecular flexibility index (Phi) is 4.32. The lowest BCUT2D eigenvalue weighted by molar-refractivity contribution is -0.118. The van der Waals surface area contributed by atoms with Gasteiger partial charge in [-0.05, 0) is 24.6 Å². The highest BCUT2D eigenvalue weighted by atomic mass is 35.5. The van der Waals surface area contributed by atoms with E-state index in [1.807, 2.05) is 13.1 Å². The normalized spacial score (nSPS) is 10.7. The van der Waals surface area contributed by atoms with Crippen molar-refractivity contribution in [2.75, 3.05) is 0 Å². The molecule has 100 valence electrons. The van der Waals surface area contributed by atoms with E-state index in [0.29, 0.717) is 17.9 Å². The maximum Gasteiger partial charge on any atom is 0.137 e. The molecule has 0 bridgehead atoms. The number of halogens is 2. The molecule has 0 amide bonds. The number of benzene rings is 1. The zero-order chi connectivity index (χ0) is 13.8. The fraction of sp³-hybridized carbons (Fsp3) is 0.286. The molecular formula is C14H14ClFN2O. The summed E-state index contributed by atoms with van der Waals surface area (Å²) in [7, 11) is 1.83. The Morgan fingerprint density at radius 1 is 1.42 bits per heavy atom. The molecule has 1 aromatic carbocycles. The van der Waals surface area contributed by atoms with Crippen LogP contribution in [0.3, 0.4) is 0 Å². The van der Waals surface area contributed by atoms with Crippen molar-refractivity contribution in [1.29, 1.82) is 0 Å². The fourth-order valence-electron chi connectivity index (χ4n) is 1.90. The van der Waals surface area contributed by atoms with Crippen molar-refractivity contribution >= 4 is 17.4 Å². The molecule has 2 rings (SSSR count). The van der Waals surface area contributed by atoms with Crippen LogP contribution in [-0.4, -0.2) is 15.6 Å². The van der Waals surface area contributed by atoms with Gasteiger partial charge < -0.3 is 0 Å². The van der Waals surface area contributed by atoms with Crippen LogP contribution in [-0.2, 0) is 24.7 Å². The van der Waals surface area contributed by atoms with E-state index in [9.17, 15) is 9.18 Å². The van der Waals surface area contributed by atoms with Crippen LogP contribution in [0, 0.1) is 5.82 Å². The van der Waals surface area contributed by atoms with E-state index in [2.05, 4.69) is 5.10 Å². The van der Waals surface area contributed by atoms with Crippen molar-refractivity contribution in [1.82, 2.24) is 9.78 Å². The molecule has 3 nitrogen and oxygen atoms in total. The van der Waals surface area contributed by atoms with Gasteiger partial charge in [0.25, 0.3) is 0 Å². The van der Waals surface area contributed by atoms with Gasteiger partial charge in [0.2, 0.25) is 0 Å². The van der Waals surface area contributed by atoms with Gasteiger partial charge in [-0.15, -0.1) is 0 Å². The van der Waals surface area contributed by atoms with Crippen LogP contribution in [0.2, 0.25) is 5.02 Å². The molecule has 2 aromatic rings. The van der Waals surface area contributed by atoms with E-state index in [0.717, 1.165) is 5.69 Å². The van der Waals surface area contributed by atoms with Gasteiger partial charge in [0, 0.05) is 42.4 Å². The lowest BCUT2D eigenvalue weighted by Gasteiger charge is -2.05. The third-order valence-electron chi connectivity index (χ3n) is 3.02. The van der Waals surface area contributed by atoms with E-state index < -0.39 is 5.82 Å². The van der Waals surface area contributed by atoms with Gasteiger partial charge in [0.15, 0.2) is 0 Å². The number of aryl methyl sites for hydroxylation is 2.